The van der Waals surface area contributed by atoms with Crippen LogP contribution in [0.2, 0.25) is 0 Å². The van der Waals surface area contributed by atoms with Crippen LogP contribution in [-0.2, 0) is 20.9 Å². The van der Waals surface area contributed by atoms with Crippen LogP contribution in [0.5, 0.6) is 0 Å². The largest absolute Gasteiger partial charge is 0.378 e. The predicted molar refractivity (Wildman–Crippen MR) is 224 cm³/mol. The maximum absolute atomic E-state index is 15.5. The Morgan fingerprint density at radius 3 is 2.59 bits per heavy atom. The maximum atomic E-state index is 15.5. The van der Waals surface area contributed by atoms with E-state index in [4.69, 9.17) is 29.7 Å². The molecule has 5 aromatic heterocycles. The third-order valence-corrected chi connectivity index (χ3v) is 12.5. The fourth-order valence-corrected chi connectivity index (χ4v) is 9.34. The number of ether oxygens (including phenoxy) is 1. The number of imidazole rings is 1. The Kier molecular flexibility index (Phi) is 9.76. The number of rotatable bonds is 7. The van der Waals surface area contributed by atoms with E-state index in [2.05, 4.69) is 21.9 Å². The lowest BCUT2D eigenvalue weighted by Gasteiger charge is -2.41. The smallest absolute Gasteiger partial charge is 0.245 e. The zero-order valence-corrected chi connectivity index (χ0v) is 34.5. The van der Waals surface area contributed by atoms with Gasteiger partial charge in [-0.3, -0.25) is 14.6 Å². The van der Waals surface area contributed by atoms with Crippen LogP contribution in [0.25, 0.3) is 39.1 Å². The van der Waals surface area contributed by atoms with Crippen molar-refractivity contribution in [3.8, 4) is 17.1 Å². The van der Waals surface area contributed by atoms with Gasteiger partial charge in [-0.05, 0) is 62.9 Å². The number of nitrogens with one attached hydrogen (secondary N) is 1. The molecular formula is C43H47F2N13O3. The van der Waals surface area contributed by atoms with Crippen LogP contribution >= 0.6 is 0 Å². The summed E-state index contributed by atoms with van der Waals surface area (Å²) in [5.41, 5.74) is 3.24. The summed E-state index contributed by atoms with van der Waals surface area (Å²) in [6.07, 6.45) is 6.93. The number of piperazine rings is 1. The summed E-state index contributed by atoms with van der Waals surface area (Å²) in [6, 6.07) is 10.1. The molecule has 1 saturated carbocycles. The second kappa shape index (κ2) is 15.3. The molecule has 1 N–H and O–H groups in total. The number of hydrogen-bond acceptors (Lipinski definition) is 12. The van der Waals surface area contributed by atoms with Crippen LogP contribution < -0.4 is 15.1 Å². The highest BCUT2D eigenvalue weighted by Crippen LogP contribution is 2.38. The van der Waals surface area contributed by atoms with Gasteiger partial charge in [-0.15, -0.1) is 0 Å². The first-order chi connectivity index (χ1) is 29.6. The molecule has 3 aliphatic heterocycles. The SMILES string of the molecule is CCCC1CN(C2CC2)C(=O)CN1c1nc(N2CC3CC2C(=O)N(C)CC(OC)Cn2c(C)nc4ccnc(c42)-c2cccc(n2)N3)c2cnn(-c3ccc(F)cc3F)c2n1. The molecule has 4 atom stereocenters. The van der Waals surface area contributed by atoms with Crippen LogP contribution in [0.3, 0.4) is 0 Å². The topological polar surface area (TPSA) is 156 Å². The minimum absolute atomic E-state index is 0.000432. The van der Waals surface area contributed by atoms with Gasteiger partial charge >= 0.3 is 0 Å². The van der Waals surface area contributed by atoms with Crippen molar-refractivity contribution in [2.75, 3.05) is 55.5 Å². The van der Waals surface area contributed by atoms with Gasteiger partial charge in [0.15, 0.2) is 11.5 Å². The number of fused-ring (bicyclic) bond motifs is 6. The molecule has 0 spiro atoms. The highest BCUT2D eigenvalue weighted by atomic mass is 19.1. The van der Waals surface area contributed by atoms with Gasteiger partial charge in [0.05, 0.1) is 47.0 Å². The first-order valence-electron chi connectivity index (χ1n) is 21.0. The molecule has 10 rings (SSSR count). The van der Waals surface area contributed by atoms with E-state index >= 15 is 4.39 Å². The molecule has 3 fully saturated rings. The normalized spacial score (nSPS) is 22.3. The van der Waals surface area contributed by atoms with Gasteiger partial charge in [0.1, 0.15) is 47.2 Å². The van der Waals surface area contributed by atoms with Crippen molar-refractivity contribution in [2.24, 2.45) is 0 Å². The number of halogens is 2. The highest BCUT2D eigenvalue weighted by molar-refractivity contribution is 5.94. The monoisotopic (exact) mass is 831 g/mol. The van der Waals surface area contributed by atoms with E-state index in [1.807, 2.05) is 45.9 Å². The van der Waals surface area contributed by atoms with Crippen LogP contribution in [0, 0.1) is 18.6 Å². The number of carbonyl (C=O) groups is 2. The number of likely N-dealkylation sites (N-methyl/N-ethyl adjacent to an activating group) is 1. The van der Waals surface area contributed by atoms with Gasteiger partial charge in [0, 0.05) is 58.1 Å². The molecule has 316 valence electrons. The number of benzene rings is 1. The number of hydrogen-bond donors (Lipinski definition) is 1. The first kappa shape index (κ1) is 38.9. The Morgan fingerprint density at radius 2 is 1.80 bits per heavy atom. The predicted octanol–water partition coefficient (Wildman–Crippen LogP) is 4.73. The molecule has 4 aliphatic rings. The number of anilines is 3. The Morgan fingerprint density at radius 1 is 0.951 bits per heavy atom. The maximum Gasteiger partial charge on any atom is 0.245 e. The van der Waals surface area contributed by atoms with Gasteiger partial charge in [0.2, 0.25) is 17.8 Å². The van der Waals surface area contributed by atoms with Crippen molar-refractivity contribution in [3.63, 3.8) is 0 Å². The van der Waals surface area contributed by atoms with E-state index in [1.165, 1.54) is 16.8 Å². The Balaban J connectivity index is 1.10. The third kappa shape index (κ3) is 6.95. The first-order valence-corrected chi connectivity index (χ1v) is 21.0. The van der Waals surface area contributed by atoms with Crippen LogP contribution in [0.15, 0.2) is 54.9 Å². The number of aryl methyl sites for hydroxylation is 1. The fraction of sp³-hybridized carbons (Fsp3) is 0.442. The summed E-state index contributed by atoms with van der Waals surface area (Å²) >= 11 is 0. The highest BCUT2D eigenvalue weighted by Gasteiger charge is 2.43. The summed E-state index contributed by atoms with van der Waals surface area (Å²) in [4.78, 5) is 61.1. The van der Waals surface area contributed by atoms with Crippen molar-refractivity contribution in [2.45, 2.75) is 82.8 Å². The molecule has 8 heterocycles. The van der Waals surface area contributed by atoms with Crippen LogP contribution in [-0.4, -0.2) is 131 Å². The van der Waals surface area contributed by atoms with Crippen molar-refractivity contribution in [3.05, 3.63) is 72.3 Å². The summed E-state index contributed by atoms with van der Waals surface area (Å²) in [5, 5.41) is 8.66. The molecule has 4 bridgehead atoms. The number of carbonyl (C=O) groups excluding carboxylic acids is 2. The molecule has 1 aromatic carbocycles. The summed E-state index contributed by atoms with van der Waals surface area (Å²) in [5.74, 6) is 0.386. The number of aromatic nitrogens is 8. The lowest BCUT2D eigenvalue weighted by molar-refractivity contribution is -0.133. The van der Waals surface area contributed by atoms with E-state index in [-0.39, 0.29) is 60.3 Å². The second-order valence-corrected chi connectivity index (χ2v) is 16.6. The molecule has 1 aliphatic carbocycles. The van der Waals surface area contributed by atoms with Crippen molar-refractivity contribution >= 4 is 51.5 Å². The number of methoxy groups -OCH3 is 1. The molecule has 0 radical (unpaired) electrons. The van der Waals surface area contributed by atoms with Crippen molar-refractivity contribution < 1.29 is 23.1 Å². The van der Waals surface area contributed by atoms with Gasteiger partial charge in [0.25, 0.3) is 0 Å². The fourth-order valence-electron chi connectivity index (χ4n) is 9.34. The molecule has 2 amide bonds. The van der Waals surface area contributed by atoms with E-state index in [0.29, 0.717) is 54.5 Å². The molecule has 61 heavy (non-hydrogen) atoms. The molecule has 18 heteroatoms. The molecule has 6 aromatic rings. The second-order valence-electron chi connectivity index (χ2n) is 16.6. The third-order valence-electron chi connectivity index (χ3n) is 12.5. The van der Waals surface area contributed by atoms with Gasteiger partial charge in [-0.25, -0.2) is 23.4 Å². The number of amides is 2. The van der Waals surface area contributed by atoms with Gasteiger partial charge < -0.3 is 34.2 Å². The van der Waals surface area contributed by atoms with E-state index in [0.717, 1.165) is 48.6 Å². The molecule has 16 nitrogen and oxygen atoms in total. The minimum Gasteiger partial charge on any atom is -0.378 e. The summed E-state index contributed by atoms with van der Waals surface area (Å²) in [6.45, 7) is 5.67. The van der Waals surface area contributed by atoms with Gasteiger partial charge in [-0.2, -0.15) is 15.1 Å². The molecule has 4 unspecified atom stereocenters. The van der Waals surface area contributed by atoms with Crippen molar-refractivity contribution in [1.29, 1.82) is 0 Å². The summed E-state index contributed by atoms with van der Waals surface area (Å²) in [7, 11) is 3.41. The Hall–Kier alpha value is -6.30. The average Bonchev–Trinajstić information content (AvgIpc) is 3.75. The Bertz CT molecular complexity index is 2680. The van der Waals surface area contributed by atoms with E-state index in [9.17, 15) is 14.0 Å². The molecule has 2 saturated heterocycles. The van der Waals surface area contributed by atoms with Crippen LogP contribution in [0.1, 0.15) is 44.9 Å². The van der Waals surface area contributed by atoms with Crippen LogP contribution in [0.4, 0.5) is 26.4 Å². The standard InChI is InChI=1S/C43H47F2N13O3/c1-5-7-28-20-55(27-11-12-27)37(59)23-56(28)43-51-40(30-18-47-58(41(30)52-43)34-13-10-25(44)16-31(34)45)57-19-26-17-35(57)42(60)53(3)21-29(61-4)22-54-24(2)48-33-14-15-46-38(39(33)54)32-8-6-9-36(49-26)50-32/h6,8-10,13-16,18,26-29,35H,5,7,11-12,17,19-23H2,1-4H3,(H,49,50). The lowest BCUT2D eigenvalue weighted by Crippen LogP contribution is -2.57. The van der Waals surface area contributed by atoms with Crippen molar-refractivity contribution in [1.82, 2.24) is 49.1 Å². The number of nitrogens with zero attached hydrogens (tertiary/aromatic N) is 12. The van der Waals surface area contributed by atoms with Gasteiger partial charge in [-0.1, -0.05) is 19.4 Å². The summed E-state index contributed by atoms with van der Waals surface area (Å²) < 4.78 is 39.2. The number of pyridine rings is 2. The van der Waals surface area contributed by atoms with E-state index in [1.54, 1.807) is 31.5 Å². The zero-order chi connectivity index (χ0) is 42.1. The average molecular weight is 832 g/mol. The minimum atomic E-state index is -0.816. The van der Waals surface area contributed by atoms with E-state index < -0.39 is 23.8 Å². The zero-order valence-electron chi connectivity index (χ0n) is 34.5. The quantitative estimate of drug-likeness (QED) is 0.237. The lowest BCUT2D eigenvalue weighted by atomic mass is 10.1. The molecular weight excluding hydrogens is 785 g/mol. The Labute approximate surface area is 350 Å².